The van der Waals surface area contributed by atoms with Crippen LogP contribution in [0.15, 0.2) is 46.0 Å². The summed E-state index contributed by atoms with van der Waals surface area (Å²) in [5, 5.41) is 2.25. The van der Waals surface area contributed by atoms with Gasteiger partial charge in [-0.1, -0.05) is 18.2 Å². The first-order chi connectivity index (χ1) is 13.5. The minimum atomic E-state index is -0.473. The van der Waals surface area contributed by atoms with Crippen molar-refractivity contribution in [2.45, 2.75) is 19.6 Å². The highest BCUT2D eigenvalue weighted by atomic mass is 16.5. The topological polar surface area (TPSA) is 87.4 Å². The summed E-state index contributed by atoms with van der Waals surface area (Å²) < 4.78 is 11.3. The Kier molecular flexibility index (Phi) is 5.02. The van der Waals surface area contributed by atoms with Crippen LogP contribution in [0.4, 0.5) is 0 Å². The standard InChI is InChI=1S/C21H23N3O4/c1-13-18(20(25)23-21(26)22-13)11-24-7-8-28-19(12-24)16-4-3-15-10-17(27-2)6-5-14(15)9-16/h3-6,9-10,19H,7-8,11-12H2,1-2H3,(H2,22,23,25,26)/t19-/m0/s1. The van der Waals surface area contributed by atoms with Gasteiger partial charge in [0.25, 0.3) is 5.56 Å². The lowest BCUT2D eigenvalue weighted by Gasteiger charge is -2.33. The number of benzene rings is 2. The van der Waals surface area contributed by atoms with Crippen LogP contribution in [0.25, 0.3) is 10.8 Å². The normalized spacial score (nSPS) is 17.7. The highest BCUT2D eigenvalue weighted by Gasteiger charge is 2.23. The van der Waals surface area contributed by atoms with Crippen molar-refractivity contribution in [2.75, 3.05) is 26.8 Å². The highest BCUT2D eigenvalue weighted by molar-refractivity contribution is 5.84. The third-order valence-electron chi connectivity index (χ3n) is 5.23. The summed E-state index contributed by atoms with van der Waals surface area (Å²) >= 11 is 0. The van der Waals surface area contributed by atoms with E-state index in [1.54, 1.807) is 14.0 Å². The van der Waals surface area contributed by atoms with Crippen molar-refractivity contribution in [3.05, 3.63) is 74.1 Å². The molecule has 1 aliphatic rings. The van der Waals surface area contributed by atoms with Gasteiger partial charge >= 0.3 is 5.69 Å². The van der Waals surface area contributed by atoms with Gasteiger partial charge in [-0.15, -0.1) is 0 Å². The number of aryl methyl sites for hydroxylation is 1. The molecule has 0 aliphatic carbocycles. The molecule has 4 rings (SSSR count). The molecule has 2 heterocycles. The van der Waals surface area contributed by atoms with Crippen LogP contribution >= 0.6 is 0 Å². The highest BCUT2D eigenvalue weighted by Crippen LogP contribution is 2.28. The number of hydrogen-bond donors (Lipinski definition) is 2. The summed E-state index contributed by atoms with van der Waals surface area (Å²) in [7, 11) is 1.66. The molecule has 0 spiro atoms. The lowest BCUT2D eigenvalue weighted by atomic mass is 10.0. The Labute approximate surface area is 161 Å². The molecule has 2 aromatic carbocycles. The first-order valence-electron chi connectivity index (χ1n) is 9.27. The van der Waals surface area contributed by atoms with Crippen LogP contribution in [0, 0.1) is 6.92 Å². The molecule has 0 radical (unpaired) electrons. The predicted molar refractivity (Wildman–Crippen MR) is 107 cm³/mol. The first kappa shape index (κ1) is 18.5. The van der Waals surface area contributed by atoms with Gasteiger partial charge in [-0.2, -0.15) is 0 Å². The molecule has 1 saturated heterocycles. The quantitative estimate of drug-likeness (QED) is 0.723. The molecule has 146 valence electrons. The molecular formula is C21H23N3O4. The Balaban J connectivity index is 1.55. The van der Waals surface area contributed by atoms with Crippen LogP contribution in [0.5, 0.6) is 5.75 Å². The fraction of sp³-hybridized carbons (Fsp3) is 0.333. The molecule has 0 bridgehead atoms. The second-order valence-corrected chi connectivity index (χ2v) is 7.08. The van der Waals surface area contributed by atoms with Crippen molar-refractivity contribution >= 4 is 10.8 Å². The molecule has 28 heavy (non-hydrogen) atoms. The Hall–Kier alpha value is -2.90. The van der Waals surface area contributed by atoms with E-state index in [2.05, 4.69) is 33.1 Å². The number of nitrogens with zero attached hydrogens (tertiary/aromatic N) is 1. The zero-order chi connectivity index (χ0) is 19.7. The summed E-state index contributed by atoms with van der Waals surface area (Å²) in [4.78, 5) is 30.7. The number of ether oxygens (including phenoxy) is 2. The van der Waals surface area contributed by atoms with Gasteiger partial charge in [0.1, 0.15) is 5.75 Å². The van der Waals surface area contributed by atoms with Gasteiger partial charge in [-0.3, -0.25) is 14.7 Å². The lowest BCUT2D eigenvalue weighted by Crippen LogP contribution is -2.40. The van der Waals surface area contributed by atoms with Crippen LogP contribution in [-0.2, 0) is 11.3 Å². The zero-order valence-electron chi connectivity index (χ0n) is 16.0. The molecule has 2 N–H and O–H groups in total. The van der Waals surface area contributed by atoms with Crippen LogP contribution in [0.2, 0.25) is 0 Å². The third kappa shape index (κ3) is 3.72. The number of fused-ring (bicyclic) bond motifs is 1. The van der Waals surface area contributed by atoms with Crippen molar-refractivity contribution in [1.29, 1.82) is 0 Å². The van der Waals surface area contributed by atoms with Gasteiger partial charge in [-0.25, -0.2) is 4.79 Å². The Bertz CT molecular complexity index is 1120. The summed E-state index contributed by atoms with van der Waals surface area (Å²) in [6.45, 7) is 4.23. The van der Waals surface area contributed by atoms with E-state index in [1.165, 1.54) is 0 Å². The fourth-order valence-electron chi connectivity index (χ4n) is 3.66. The monoisotopic (exact) mass is 381 g/mol. The molecule has 1 atom stereocenters. The average molecular weight is 381 g/mol. The molecule has 3 aromatic rings. The summed E-state index contributed by atoms with van der Waals surface area (Å²) in [6, 6.07) is 12.3. The first-order valence-corrected chi connectivity index (χ1v) is 9.27. The van der Waals surface area contributed by atoms with E-state index in [0.29, 0.717) is 31.0 Å². The minimum absolute atomic E-state index is 0.0672. The van der Waals surface area contributed by atoms with Crippen molar-refractivity contribution in [1.82, 2.24) is 14.9 Å². The van der Waals surface area contributed by atoms with Gasteiger partial charge < -0.3 is 14.5 Å². The third-order valence-corrected chi connectivity index (χ3v) is 5.23. The second-order valence-electron chi connectivity index (χ2n) is 7.08. The predicted octanol–water partition coefficient (Wildman–Crippen LogP) is 2.11. The minimum Gasteiger partial charge on any atom is -0.497 e. The molecule has 1 aromatic heterocycles. The number of aromatic amines is 2. The number of H-pyrrole nitrogens is 2. The van der Waals surface area contributed by atoms with Crippen LogP contribution in [0.3, 0.4) is 0 Å². The second kappa shape index (κ2) is 7.61. The van der Waals surface area contributed by atoms with E-state index in [0.717, 1.165) is 28.6 Å². The fourth-order valence-corrected chi connectivity index (χ4v) is 3.66. The van der Waals surface area contributed by atoms with Crippen molar-refractivity contribution in [2.24, 2.45) is 0 Å². The van der Waals surface area contributed by atoms with Crippen LogP contribution in [-0.4, -0.2) is 41.7 Å². The van der Waals surface area contributed by atoms with E-state index >= 15 is 0 Å². The zero-order valence-corrected chi connectivity index (χ0v) is 16.0. The van der Waals surface area contributed by atoms with Crippen molar-refractivity contribution < 1.29 is 9.47 Å². The Morgan fingerprint density at radius 2 is 1.93 bits per heavy atom. The largest absolute Gasteiger partial charge is 0.497 e. The van der Waals surface area contributed by atoms with E-state index in [-0.39, 0.29) is 11.7 Å². The Morgan fingerprint density at radius 1 is 1.14 bits per heavy atom. The number of hydrogen-bond acceptors (Lipinski definition) is 5. The number of nitrogens with one attached hydrogen (secondary N) is 2. The summed E-state index contributed by atoms with van der Waals surface area (Å²) in [5.41, 5.74) is 1.50. The maximum Gasteiger partial charge on any atom is 0.325 e. The molecule has 7 heteroatoms. The molecule has 1 aliphatic heterocycles. The number of methoxy groups -OCH3 is 1. The van der Waals surface area contributed by atoms with E-state index in [1.807, 2.05) is 18.2 Å². The van der Waals surface area contributed by atoms with Gasteiger partial charge in [0.15, 0.2) is 0 Å². The molecular weight excluding hydrogens is 358 g/mol. The Morgan fingerprint density at radius 3 is 2.71 bits per heavy atom. The molecule has 0 saturated carbocycles. The molecule has 1 fully saturated rings. The number of morpholine rings is 1. The molecule has 0 amide bonds. The maximum atomic E-state index is 12.1. The van der Waals surface area contributed by atoms with E-state index < -0.39 is 5.69 Å². The van der Waals surface area contributed by atoms with Gasteiger partial charge in [0.2, 0.25) is 0 Å². The number of rotatable bonds is 4. The summed E-state index contributed by atoms with van der Waals surface area (Å²) in [5.74, 6) is 0.835. The lowest BCUT2D eigenvalue weighted by molar-refractivity contribution is -0.0330. The van der Waals surface area contributed by atoms with Crippen molar-refractivity contribution in [3.63, 3.8) is 0 Å². The SMILES string of the molecule is COc1ccc2cc([C@@H]3CN(Cc4c(C)[nH]c(=O)[nH]c4=O)CCO3)ccc2c1. The maximum absolute atomic E-state index is 12.1. The summed E-state index contributed by atoms with van der Waals surface area (Å²) in [6.07, 6.45) is -0.0672. The average Bonchev–Trinajstić information content (AvgIpc) is 2.70. The number of aromatic nitrogens is 2. The molecule has 0 unspecified atom stereocenters. The van der Waals surface area contributed by atoms with Gasteiger partial charge in [0.05, 0.1) is 25.4 Å². The van der Waals surface area contributed by atoms with Gasteiger partial charge in [-0.05, 0) is 41.5 Å². The van der Waals surface area contributed by atoms with Crippen molar-refractivity contribution in [3.8, 4) is 5.75 Å². The molecule has 7 nitrogen and oxygen atoms in total. The smallest absolute Gasteiger partial charge is 0.325 e. The van der Waals surface area contributed by atoms with Crippen LogP contribution in [0.1, 0.15) is 22.9 Å². The van der Waals surface area contributed by atoms with Gasteiger partial charge in [0, 0.05) is 25.3 Å². The van der Waals surface area contributed by atoms with E-state index in [9.17, 15) is 9.59 Å². The van der Waals surface area contributed by atoms with E-state index in [4.69, 9.17) is 9.47 Å². The van der Waals surface area contributed by atoms with Crippen LogP contribution < -0.4 is 16.0 Å².